The van der Waals surface area contributed by atoms with Crippen LogP contribution in [-0.2, 0) is 10.0 Å². The Kier molecular flexibility index (Phi) is 3.88. The van der Waals surface area contributed by atoms with Crippen LogP contribution in [0.5, 0.6) is 0 Å². The van der Waals surface area contributed by atoms with Crippen LogP contribution in [0, 0.1) is 0 Å². The minimum absolute atomic E-state index is 0.0660. The first-order valence-corrected chi connectivity index (χ1v) is 6.86. The number of carbonyl (C=O) groups excluding carboxylic acids is 1. The molecular weight excluding hydrogens is 266 g/mol. The van der Waals surface area contributed by atoms with E-state index in [4.69, 9.17) is 0 Å². The molecule has 2 rings (SSSR count). The Hall–Kier alpha value is -2.25. The largest absolute Gasteiger partial charge is 0.284 e. The number of aromatic nitrogens is 1. The molecule has 1 aromatic heterocycles. The maximum Gasteiger partial charge on any atom is 0.284 e. The van der Waals surface area contributed by atoms with E-state index in [1.165, 1.54) is 24.4 Å². The number of hydrazine groups is 1. The Morgan fingerprint density at radius 3 is 2.32 bits per heavy atom. The van der Waals surface area contributed by atoms with Crippen molar-refractivity contribution in [1.82, 2.24) is 15.2 Å². The number of amides is 1. The van der Waals surface area contributed by atoms with Crippen LogP contribution in [-0.4, -0.2) is 19.3 Å². The van der Waals surface area contributed by atoms with Gasteiger partial charge in [-0.25, -0.2) is 8.42 Å². The van der Waals surface area contributed by atoms with Crippen LogP contribution in [0.25, 0.3) is 0 Å². The molecule has 1 amide bonds. The normalized spacial score (nSPS) is 10.9. The molecule has 0 bridgehead atoms. The van der Waals surface area contributed by atoms with Crippen molar-refractivity contribution in [2.24, 2.45) is 0 Å². The third-order valence-electron chi connectivity index (χ3n) is 2.25. The van der Waals surface area contributed by atoms with Crippen molar-refractivity contribution in [2.45, 2.75) is 4.90 Å². The van der Waals surface area contributed by atoms with Crippen LogP contribution in [0.15, 0.2) is 59.6 Å². The molecule has 0 fully saturated rings. The maximum absolute atomic E-state index is 11.8. The fourth-order valence-electron chi connectivity index (χ4n) is 1.33. The number of nitrogens with zero attached hydrogens (tertiary/aromatic N) is 1. The van der Waals surface area contributed by atoms with E-state index in [0.717, 1.165) is 0 Å². The first-order valence-electron chi connectivity index (χ1n) is 5.38. The molecule has 0 aliphatic rings. The molecule has 0 atom stereocenters. The molecule has 1 heterocycles. The van der Waals surface area contributed by atoms with E-state index in [0.29, 0.717) is 0 Å². The fraction of sp³-hybridized carbons (Fsp3) is 0. The second-order valence-corrected chi connectivity index (χ2v) is 5.27. The first-order chi connectivity index (χ1) is 9.09. The average Bonchev–Trinajstić information content (AvgIpc) is 2.47. The minimum atomic E-state index is -3.77. The monoisotopic (exact) mass is 277 g/mol. The van der Waals surface area contributed by atoms with Gasteiger partial charge >= 0.3 is 0 Å². The fourth-order valence-corrected chi connectivity index (χ4v) is 2.19. The molecule has 0 radical (unpaired) electrons. The third kappa shape index (κ3) is 3.36. The van der Waals surface area contributed by atoms with Gasteiger partial charge in [-0.15, -0.1) is 4.83 Å². The Bertz CT molecular complexity index is 657. The van der Waals surface area contributed by atoms with Crippen molar-refractivity contribution in [3.05, 3.63) is 60.4 Å². The van der Waals surface area contributed by atoms with Gasteiger partial charge in [-0.3, -0.25) is 15.2 Å². The van der Waals surface area contributed by atoms with Crippen LogP contribution in [0.3, 0.4) is 0 Å². The summed E-state index contributed by atoms with van der Waals surface area (Å²) in [6, 6.07) is 12.5. The summed E-state index contributed by atoms with van der Waals surface area (Å²) in [4.78, 5) is 17.5. The lowest BCUT2D eigenvalue weighted by molar-refractivity contribution is 0.0940. The summed E-state index contributed by atoms with van der Waals surface area (Å²) >= 11 is 0. The third-order valence-corrected chi connectivity index (χ3v) is 3.51. The zero-order chi connectivity index (χ0) is 13.7. The summed E-state index contributed by atoms with van der Waals surface area (Å²) in [5, 5.41) is 0. The zero-order valence-corrected chi connectivity index (χ0v) is 10.6. The summed E-state index contributed by atoms with van der Waals surface area (Å²) in [7, 11) is -3.77. The molecule has 0 aliphatic carbocycles. The first kappa shape index (κ1) is 13.2. The zero-order valence-electron chi connectivity index (χ0n) is 9.78. The number of benzene rings is 1. The van der Waals surface area contributed by atoms with Crippen molar-refractivity contribution in [3.63, 3.8) is 0 Å². The molecule has 1 aromatic carbocycles. The number of hydrogen-bond acceptors (Lipinski definition) is 4. The lowest BCUT2D eigenvalue weighted by Gasteiger charge is -2.07. The van der Waals surface area contributed by atoms with Crippen LogP contribution in [0.4, 0.5) is 0 Å². The summed E-state index contributed by atoms with van der Waals surface area (Å²) in [5.41, 5.74) is 2.22. The Labute approximate surface area is 110 Å². The quantitative estimate of drug-likeness (QED) is 0.805. The van der Waals surface area contributed by atoms with E-state index in [2.05, 4.69) is 10.4 Å². The van der Waals surface area contributed by atoms with Crippen molar-refractivity contribution >= 4 is 15.9 Å². The van der Waals surface area contributed by atoms with E-state index in [1.807, 2.05) is 4.83 Å². The molecule has 98 valence electrons. The molecule has 2 aromatic rings. The smallest absolute Gasteiger partial charge is 0.272 e. The van der Waals surface area contributed by atoms with Gasteiger partial charge in [0.15, 0.2) is 0 Å². The Morgan fingerprint density at radius 2 is 1.68 bits per heavy atom. The molecule has 0 spiro atoms. The molecule has 6 nitrogen and oxygen atoms in total. The van der Waals surface area contributed by atoms with Crippen molar-refractivity contribution < 1.29 is 13.2 Å². The summed E-state index contributed by atoms with van der Waals surface area (Å²) in [6.07, 6.45) is 1.45. The standard InChI is InChI=1S/C12H11N3O3S/c16-12(11-8-4-5-9-13-11)14-15-19(17,18)10-6-2-1-3-7-10/h1-9,15H,(H,14,16). The summed E-state index contributed by atoms with van der Waals surface area (Å²) in [6.45, 7) is 0. The molecule has 2 N–H and O–H groups in total. The van der Waals surface area contributed by atoms with Gasteiger partial charge in [-0.05, 0) is 24.3 Å². The number of hydrogen-bond donors (Lipinski definition) is 2. The van der Waals surface area contributed by atoms with Crippen molar-refractivity contribution in [3.8, 4) is 0 Å². The van der Waals surface area contributed by atoms with Gasteiger partial charge in [-0.2, -0.15) is 0 Å². The topological polar surface area (TPSA) is 88.2 Å². The van der Waals surface area contributed by atoms with Gasteiger partial charge in [0.1, 0.15) is 5.69 Å². The molecule has 0 unspecified atom stereocenters. The lowest BCUT2D eigenvalue weighted by atomic mass is 10.3. The van der Waals surface area contributed by atoms with Gasteiger partial charge in [-0.1, -0.05) is 24.3 Å². The Morgan fingerprint density at radius 1 is 1.00 bits per heavy atom. The second kappa shape index (κ2) is 5.59. The van der Waals surface area contributed by atoms with E-state index < -0.39 is 15.9 Å². The number of nitrogens with one attached hydrogen (secondary N) is 2. The molecule has 0 aliphatic heterocycles. The van der Waals surface area contributed by atoms with Crippen LogP contribution in [0.1, 0.15) is 10.5 Å². The van der Waals surface area contributed by atoms with E-state index in [1.54, 1.807) is 30.3 Å². The molecule has 19 heavy (non-hydrogen) atoms. The number of pyridine rings is 1. The Balaban J connectivity index is 2.05. The van der Waals surface area contributed by atoms with E-state index in [-0.39, 0.29) is 10.6 Å². The molecule has 0 saturated carbocycles. The molecular formula is C12H11N3O3S. The highest BCUT2D eigenvalue weighted by Crippen LogP contribution is 2.05. The maximum atomic E-state index is 11.8. The predicted octanol–water partition coefficient (Wildman–Crippen LogP) is 0.705. The average molecular weight is 277 g/mol. The second-order valence-electron chi connectivity index (χ2n) is 3.59. The van der Waals surface area contributed by atoms with Gasteiger partial charge < -0.3 is 0 Å². The molecule has 7 heteroatoms. The van der Waals surface area contributed by atoms with Crippen LogP contribution >= 0.6 is 0 Å². The lowest BCUT2D eigenvalue weighted by Crippen LogP contribution is -2.41. The van der Waals surface area contributed by atoms with Gasteiger partial charge in [0.05, 0.1) is 4.90 Å². The number of rotatable bonds is 4. The van der Waals surface area contributed by atoms with Gasteiger partial charge in [0.25, 0.3) is 15.9 Å². The summed E-state index contributed by atoms with van der Waals surface area (Å²) in [5.74, 6) is -0.625. The molecule has 0 saturated heterocycles. The number of sulfonamides is 1. The number of carbonyl (C=O) groups is 1. The van der Waals surface area contributed by atoms with Gasteiger partial charge in [0, 0.05) is 6.20 Å². The van der Waals surface area contributed by atoms with E-state index in [9.17, 15) is 13.2 Å². The van der Waals surface area contributed by atoms with E-state index >= 15 is 0 Å². The summed E-state index contributed by atoms with van der Waals surface area (Å²) < 4.78 is 23.6. The van der Waals surface area contributed by atoms with Crippen molar-refractivity contribution in [1.29, 1.82) is 0 Å². The highest BCUT2D eigenvalue weighted by molar-refractivity contribution is 7.89. The highest BCUT2D eigenvalue weighted by atomic mass is 32.2. The SMILES string of the molecule is O=C(NNS(=O)(=O)c1ccccc1)c1ccccn1. The minimum Gasteiger partial charge on any atom is -0.272 e. The van der Waals surface area contributed by atoms with Crippen LogP contribution < -0.4 is 10.3 Å². The predicted molar refractivity (Wildman–Crippen MR) is 68.5 cm³/mol. The van der Waals surface area contributed by atoms with Gasteiger partial charge in [0.2, 0.25) is 0 Å². The highest BCUT2D eigenvalue weighted by Gasteiger charge is 2.15. The van der Waals surface area contributed by atoms with Crippen LogP contribution in [0.2, 0.25) is 0 Å². The van der Waals surface area contributed by atoms with Crippen molar-refractivity contribution in [2.75, 3.05) is 0 Å².